The Hall–Kier alpha value is -5.36. The second-order valence-corrected chi connectivity index (χ2v) is 12.5. The normalized spacial score (nSPS) is 14.1. The average molecular weight is 641 g/mol. The van der Waals surface area contributed by atoms with E-state index in [2.05, 4.69) is 0 Å². The molecule has 0 saturated carbocycles. The number of allylic oxidation sites excluding steroid dienone is 2. The zero-order valence-electron chi connectivity index (χ0n) is 29.0. The van der Waals surface area contributed by atoms with Crippen molar-refractivity contribution < 1.29 is 19.8 Å². The highest BCUT2D eigenvalue weighted by Crippen LogP contribution is 2.36. The van der Waals surface area contributed by atoms with Crippen molar-refractivity contribution in [2.45, 2.75) is 67.5 Å². The van der Waals surface area contributed by atoms with Crippen LogP contribution in [0.5, 0.6) is 0 Å². The molecule has 0 aliphatic carbocycles. The maximum atomic E-state index is 13.0. The number of aliphatic imine (C=N–C) groups is 2. The molecule has 2 N–H and O–H groups in total. The molecule has 0 aromatic heterocycles. The minimum absolute atomic E-state index is 0.0778. The Labute approximate surface area is 283 Å². The molecule has 0 aliphatic rings. The number of aryl methyl sites for hydroxylation is 6. The largest absolute Gasteiger partial charge is 0.506 e. The molecule has 0 fully saturated rings. The molecule has 4 aromatic rings. The molecule has 4 rings (SSSR count). The smallest absolute Gasteiger partial charge is 0.165 e. The zero-order valence-corrected chi connectivity index (χ0v) is 29.0. The Morgan fingerprint density at radius 3 is 1.10 bits per heavy atom. The molecule has 48 heavy (non-hydrogen) atoms. The quantitative estimate of drug-likeness (QED) is 0.0969. The van der Waals surface area contributed by atoms with Crippen molar-refractivity contribution in [3.8, 4) is 0 Å². The highest BCUT2D eigenvalue weighted by molar-refractivity contribution is 6.18. The maximum Gasteiger partial charge on any atom is 0.165 e. The number of Topliss-reactive ketones (excluding diaryl/α,β-unsaturated/α-hetero) is 2. The first-order chi connectivity index (χ1) is 22.8. The Morgan fingerprint density at radius 2 is 0.833 bits per heavy atom. The van der Waals surface area contributed by atoms with Crippen LogP contribution in [0.3, 0.4) is 0 Å². The van der Waals surface area contributed by atoms with E-state index in [9.17, 15) is 19.8 Å². The van der Waals surface area contributed by atoms with Crippen LogP contribution in [0.25, 0.3) is 11.5 Å². The number of aliphatic hydroxyl groups excluding tert-OH is 2. The van der Waals surface area contributed by atoms with Crippen molar-refractivity contribution in [3.63, 3.8) is 0 Å². The fraction of sp³-hybridized carbons (Fsp3) is 0.238. The van der Waals surface area contributed by atoms with Crippen LogP contribution in [0, 0.1) is 41.5 Å². The molecule has 6 heteroatoms. The highest BCUT2D eigenvalue weighted by atomic mass is 16.3. The summed E-state index contributed by atoms with van der Waals surface area (Å²) in [6.07, 6.45) is 2.86. The van der Waals surface area contributed by atoms with E-state index in [1.54, 1.807) is 0 Å². The van der Waals surface area contributed by atoms with Gasteiger partial charge < -0.3 is 10.2 Å². The van der Waals surface area contributed by atoms with Gasteiger partial charge in [-0.25, -0.2) is 0 Å². The summed E-state index contributed by atoms with van der Waals surface area (Å²) in [5.74, 6) is -0.942. The van der Waals surface area contributed by atoms with Crippen molar-refractivity contribution in [1.29, 1.82) is 0 Å². The van der Waals surface area contributed by atoms with Crippen LogP contribution in [-0.4, -0.2) is 34.2 Å². The summed E-state index contributed by atoms with van der Waals surface area (Å²) in [7, 11) is 0. The fourth-order valence-corrected chi connectivity index (χ4v) is 6.32. The molecule has 2 atom stereocenters. The molecule has 0 aliphatic heterocycles. The van der Waals surface area contributed by atoms with E-state index < -0.39 is 12.1 Å². The van der Waals surface area contributed by atoms with E-state index in [1.807, 2.05) is 126 Å². The number of aliphatic hydroxyl groups is 2. The van der Waals surface area contributed by atoms with Gasteiger partial charge in [0.05, 0.1) is 11.1 Å². The molecule has 0 spiro atoms. The van der Waals surface area contributed by atoms with Crippen LogP contribution in [0.4, 0.5) is 0 Å². The monoisotopic (exact) mass is 640 g/mol. The van der Waals surface area contributed by atoms with E-state index in [-0.39, 0.29) is 34.2 Å². The van der Waals surface area contributed by atoms with Crippen LogP contribution >= 0.6 is 0 Å². The van der Waals surface area contributed by atoms with Crippen LogP contribution in [0.2, 0.25) is 0 Å². The summed E-state index contributed by atoms with van der Waals surface area (Å²) in [4.78, 5) is 35.9. The number of carbonyl (C=O) groups is 2. The standard InChI is InChI=1S/C42H44N2O4/c1-25-19-27(3)37(28(4)20-25)41(47)35(31(7)45)23-43-39(33-15-11-9-12-16-33)40(34-17-13-10-14-18-34)44-24-36(32(8)46)42(48)38-29(5)21-26(2)22-30(38)6/h9-24,39-40,47-48H,1-8H3/b41-35-,42-36-,43-23?,44-24?. The average Bonchev–Trinajstić information content (AvgIpc) is 3.01. The van der Waals surface area contributed by atoms with Gasteiger partial charge in [-0.2, -0.15) is 0 Å². The van der Waals surface area contributed by atoms with Crippen LogP contribution in [0.15, 0.2) is 106 Å². The van der Waals surface area contributed by atoms with Crippen LogP contribution < -0.4 is 0 Å². The topological polar surface area (TPSA) is 99.3 Å². The molecule has 246 valence electrons. The zero-order chi connectivity index (χ0) is 35.1. The summed E-state index contributed by atoms with van der Waals surface area (Å²) in [5, 5.41) is 23.0. The second kappa shape index (κ2) is 15.5. The molecule has 4 aromatic carbocycles. The van der Waals surface area contributed by atoms with Gasteiger partial charge in [0.15, 0.2) is 11.6 Å². The minimum Gasteiger partial charge on any atom is -0.506 e. The van der Waals surface area contributed by atoms with E-state index >= 15 is 0 Å². The van der Waals surface area contributed by atoms with Gasteiger partial charge in [0.2, 0.25) is 0 Å². The van der Waals surface area contributed by atoms with Gasteiger partial charge in [-0.1, -0.05) is 96.1 Å². The van der Waals surface area contributed by atoms with Gasteiger partial charge in [-0.3, -0.25) is 19.6 Å². The third-order valence-electron chi connectivity index (χ3n) is 8.41. The maximum absolute atomic E-state index is 13.0. The van der Waals surface area contributed by atoms with Crippen molar-refractivity contribution in [2.75, 3.05) is 0 Å². The summed E-state index contributed by atoms with van der Waals surface area (Å²) >= 11 is 0. The van der Waals surface area contributed by atoms with Gasteiger partial charge >= 0.3 is 0 Å². The summed E-state index contributed by atoms with van der Waals surface area (Å²) in [6.45, 7) is 14.4. The van der Waals surface area contributed by atoms with Crippen molar-refractivity contribution in [1.82, 2.24) is 0 Å². The summed E-state index contributed by atoms with van der Waals surface area (Å²) in [5.41, 5.74) is 8.51. The molecule has 0 heterocycles. The molecule has 0 radical (unpaired) electrons. The number of hydrogen-bond acceptors (Lipinski definition) is 6. The van der Waals surface area contributed by atoms with Gasteiger partial charge in [-0.15, -0.1) is 0 Å². The van der Waals surface area contributed by atoms with Crippen LogP contribution in [-0.2, 0) is 9.59 Å². The Kier molecular flexibility index (Phi) is 11.5. The Bertz CT molecular complexity index is 1760. The van der Waals surface area contributed by atoms with E-state index in [0.29, 0.717) is 11.1 Å². The SMILES string of the molecule is CC(=O)/C(C=NC(c1ccccc1)C(N=C/C(C(C)=O)=C(/O)c1c(C)cc(C)cc1C)c1ccccc1)=C(\O)c1c(C)cc(C)cc1C. The molecular weight excluding hydrogens is 596 g/mol. The lowest BCUT2D eigenvalue weighted by Crippen LogP contribution is -2.12. The predicted molar refractivity (Wildman–Crippen MR) is 197 cm³/mol. The lowest BCUT2D eigenvalue weighted by atomic mass is 9.93. The Balaban J connectivity index is 1.93. The number of nitrogens with zero attached hydrogens (tertiary/aromatic N) is 2. The van der Waals surface area contributed by atoms with Gasteiger partial charge in [0, 0.05) is 23.6 Å². The number of ketones is 2. The molecule has 0 amide bonds. The highest BCUT2D eigenvalue weighted by Gasteiger charge is 2.25. The second-order valence-electron chi connectivity index (χ2n) is 12.5. The predicted octanol–water partition coefficient (Wildman–Crippen LogP) is 9.58. The minimum atomic E-state index is -0.662. The molecule has 0 saturated heterocycles. The third-order valence-corrected chi connectivity index (χ3v) is 8.41. The van der Waals surface area contributed by atoms with E-state index in [1.165, 1.54) is 26.3 Å². The summed E-state index contributed by atoms with van der Waals surface area (Å²) < 4.78 is 0. The van der Waals surface area contributed by atoms with Gasteiger partial charge in [-0.05, 0) is 88.8 Å². The number of rotatable bonds is 11. The van der Waals surface area contributed by atoms with Crippen LogP contribution in [0.1, 0.15) is 81.6 Å². The number of benzene rings is 4. The molecule has 6 nitrogen and oxygen atoms in total. The fourth-order valence-electron chi connectivity index (χ4n) is 6.32. The third kappa shape index (κ3) is 8.13. The lowest BCUT2D eigenvalue weighted by molar-refractivity contribution is -0.114. The first-order valence-electron chi connectivity index (χ1n) is 16.0. The number of carbonyl (C=O) groups excluding carboxylic acids is 2. The Morgan fingerprint density at radius 1 is 0.542 bits per heavy atom. The van der Waals surface area contributed by atoms with E-state index in [4.69, 9.17) is 9.98 Å². The first kappa shape index (κ1) is 35.5. The molecule has 2 unspecified atom stereocenters. The van der Waals surface area contributed by atoms with E-state index in [0.717, 1.165) is 44.5 Å². The lowest BCUT2D eigenvalue weighted by Gasteiger charge is -2.22. The van der Waals surface area contributed by atoms with Gasteiger partial charge in [0.1, 0.15) is 23.6 Å². The van der Waals surface area contributed by atoms with Crippen molar-refractivity contribution >= 4 is 35.5 Å². The van der Waals surface area contributed by atoms with Gasteiger partial charge in [0.25, 0.3) is 0 Å². The van der Waals surface area contributed by atoms with Crippen molar-refractivity contribution in [3.05, 3.63) is 152 Å². The number of hydrogen-bond donors (Lipinski definition) is 2. The molecular formula is C42H44N2O4. The first-order valence-corrected chi connectivity index (χ1v) is 16.0. The van der Waals surface area contributed by atoms with Crippen molar-refractivity contribution in [2.24, 2.45) is 9.98 Å². The summed E-state index contributed by atoms with van der Waals surface area (Å²) in [6, 6.07) is 25.7. The molecule has 0 bridgehead atoms.